The quantitative estimate of drug-likeness (QED) is 0.691. The maximum absolute atomic E-state index is 11.3. The summed E-state index contributed by atoms with van der Waals surface area (Å²) in [6.07, 6.45) is 3.34. The molecule has 1 N–H and O–H groups in total. The van der Waals surface area contributed by atoms with Gasteiger partial charge in [0.25, 0.3) is 0 Å². The Morgan fingerprint density at radius 2 is 2.23 bits per heavy atom. The Kier molecular flexibility index (Phi) is 3.66. The Balaban J connectivity index is 1.95. The van der Waals surface area contributed by atoms with Crippen LogP contribution < -0.4 is 10.1 Å². The smallest absolute Gasteiger partial charge is 0.314 e. The number of aromatic nitrogens is 1. The van der Waals surface area contributed by atoms with Gasteiger partial charge in [-0.2, -0.15) is 0 Å². The number of hydrogen-bond donors (Lipinski definition) is 1. The van der Waals surface area contributed by atoms with Crippen LogP contribution in [-0.4, -0.2) is 17.0 Å². The number of benzene rings is 1. The summed E-state index contributed by atoms with van der Waals surface area (Å²) in [5, 5.41) is 14.5. The molecule has 6 nitrogen and oxygen atoms in total. The lowest BCUT2D eigenvalue weighted by Gasteiger charge is -2.15. The minimum Gasteiger partial charge on any atom is -0.496 e. The van der Waals surface area contributed by atoms with Gasteiger partial charge in [-0.15, -0.1) is 0 Å². The van der Waals surface area contributed by atoms with E-state index < -0.39 is 0 Å². The molecule has 114 valence electrons. The Labute approximate surface area is 128 Å². The summed E-state index contributed by atoms with van der Waals surface area (Å²) in [5.41, 5.74) is 2.93. The highest BCUT2D eigenvalue weighted by Gasteiger charge is 2.28. The average molecular weight is 299 g/mol. The van der Waals surface area contributed by atoms with E-state index in [0.29, 0.717) is 11.4 Å². The van der Waals surface area contributed by atoms with Gasteiger partial charge in [-0.3, -0.25) is 10.1 Å². The molecule has 1 atom stereocenters. The van der Waals surface area contributed by atoms with Gasteiger partial charge in [-0.05, 0) is 43.0 Å². The predicted octanol–water partition coefficient (Wildman–Crippen LogP) is 3.41. The van der Waals surface area contributed by atoms with E-state index in [1.165, 1.54) is 0 Å². The van der Waals surface area contributed by atoms with E-state index in [0.717, 1.165) is 29.7 Å². The van der Waals surface area contributed by atoms with E-state index >= 15 is 0 Å². The number of aryl methyl sites for hydroxylation is 1. The molecule has 0 saturated heterocycles. The third kappa shape index (κ3) is 2.36. The van der Waals surface area contributed by atoms with Crippen molar-refractivity contribution in [3.05, 3.63) is 57.3 Å². The highest BCUT2D eigenvalue weighted by atomic mass is 16.6. The second kappa shape index (κ2) is 5.63. The predicted molar refractivity (Wildman–Crippen MR) is 83.3 cm³/mol. The van der Waals surface area contributed by atoms with Gasteiger partial charge >= 0.3 is 5.69 Å². The lowest BCUT2D eigenvalue weighted by molar-refractivity contribution is -0.384. The van der Waals surface area contributed by atoms with Crippen LogP contribution in [0.25, 0.3) is 0 Å². The number of nitrogens with zero attached hydrogens (tertiary/aromatic N) is 2. The van der Waals surface area contributed by atoms with Gasteiger partial charge in [-0.25, -0.2) is 4.98 Å². The Bertz CT molecular complexity index is 731. The van der Waals surface area contributed by atoms with E-state index in [1.54, 1.807) is 26.3 Å². The number of rotatable bonds is 4. The van der Waals surface area contributed by atoms with E-state index in [-0.39, 0.29) is 16.7 Å². The van der Waals surface area contributed by atoms with Crippen LogP contribution in [0.2, 0.25) is 0 Å². The topological polar surface area (TPSA) is 77.3 Å². The van der Waals surface area contributed by atoms with Crippen LogP contribution in [-0.2, 0) is 6.42 Å². The fourth-order valence-electron chi connectivity index (χ4n) is 3.01. The largest absolute Gasteiger partial charge is 0.496 e. The fourth-order valence-corrected chi connectivity index (χ4v) is 3.01. The van der Waals surface area contributed by atoms with Crippen molar-refractivity contribution in [1.29, 1.82) is 0 Å². The van der Waals surface area contributed by atoms with E-state index in [2.05, 4.69) is 10.3 Å². The molecule has 0 spiro atoms. The van der Waals surface area contributed by atoms with Gasteiger partial charge in [0.1, 0.15) is 5.75 Å². The number of methoxy groups -OCH3 is 1. The second-order valence-corrected chi connectivity index (χ2v) is 5.35. The van der Waals surface area contributed by atoms with Crippen molar-refractivity contribution in [2.24, 2.45) is 0 Å². The first-order chi connectivity index (χ1) is 10.6. The van der Waals surface area contributed by atoms with Crippen molar-refractivity contribution >= 4 is 11.5 Å². The molecule has 2 aromatic rings. The van der Waals surface area contributed by atoms with Gasteiger partial charge < -0.3 is 10.1 Å². The van der Waals surface area contributed by atoms with Gasteiger partial charge in [0, 0.05) is 11.8 Å². The lowest BCUT2D eigenvalue weighted by atomic mass is 10.1. The number of ether oxygens (including phenoxy) is 1. The average Bonchev–Trinajstić information content (AvgIpc) is 2.90. The van der Waals surface area contributed by atoms with Gasteiger partial charge in [0.05, 0.1) is 18.1 Å². The number of nitro groups is 1. The number of fused-ring (bicyclic) bond motifs is 1. The first kappa shape index (κ1) is 14.3. The van der Waals surface area contributed by atoms with Crippen LogP contribution in [0, 0.1) is 17.0 Å². The zero-order chi connectivity index (χ0) is 15.7. The molecule has 0 bridgehead atoms. The standard InChI is InChI=1S/C16H17N3O3/c1-10-8-9-17-16(15(10)19(20)21)18-13-7-6-12-11(13)4-3-5-14(12)22-2/h3-5,8-9,13H,6-7H2,1-2H3,(H,17,18). The maximum Gasteiger partial charge on any atom is 0.314 e. The van der Waals surface area contributed by atoms with Crippen LogP contribution in [0.4, 0.5) is 11.5 Å². The summed E-state index contributed by atoms with van der Waals surface area (Å²) < 4.78 is 5.39. The number of nitrogens with one attached hydrogen (secondary N) is 1. The molecule has 1 unspecified atom stereocenters. The zero-order valence-electron chi connectivity index (χ0n) is 12.5. The molecule has 3 rings (SSSR count). The minimum atomic E-state index is -0.383. The van der Waals surface area contributed by atoms with Gasteiger partial charge in [0.2, 0.25) is 5.82 Å². The normalized spacial score (nSPS) is 16.2. The summed E-state index contributed by atoms with van der Waals surface area (Å²) in [4.78, 5) is 15.0. The summed E-state index contributed by atoms with van der Waals surface area (Å²) in [7, 11) is 1.66. The molecular weight excluding hydrogens is 282 g/mol. The highest BCUT2D eigenvalue weighted by Crippen LogP contribution is 2.39. The van der Waals surface area contributed by atoms with Crippen molar-refractivity contribution in [2.75, 3.05) is 12.4 Å². The molecule has 0 radical (unpaired) electrons. The summed E-state index contributed by atoms with van der Waals surface area (Å²) in [6.45, 7) is 1.72. The molecule has 1 aromatic heterocycles. The van der Waals surface area contributed by atoms with E-state index in [4.69, 9.17) is 4.74 Å². The van der Waals surface area contributed by atoms with Crippen molar-refractivity contribution in [1.82, 2.24) is 4.98 Å². The molecule has 0 saturated carbocycles. The van der Waals surface area contributed by atoms with Crippen LogP contribution in [0.1, 0.15) is 29.2 Å². The lowest BCUT2D eigenvalue weighted by Crippen LogP contribution is -2.11. The molecule has 1 aliphatic carbocycles. The van der Waals surface area contributed by atoms with Crippen molar-refractivity contribution in [3.8, 4) is 5.75 Å². The molecule has 22 heavy (non-hydrogen) atoms. The molecule has 0 amide bonds. The van der Waals surface area contributed by atoms with Crippen LogP contribution in [0.15, 0.2) is 30.5 Å². The summed E-state index contributed by atoms with van der Waals surface area (Å²) in [5.74, 6) is 1.19. The minimum absolute atomic E-state index is 0.0121. The van der Waals surface area contributed by atoms with E-state index in [1.807, 2.05) is 18.2 Å². The zero-order valence-corrected chi connectivity index (χ0v) is 12.5. The first-order valence-electron chi connectivity index (χ1n) is 7.14. The highest BCUT2D eigenvalue weighted by molar-refractivity contribution is 5.61. The SMILES string of the molecule is COc1cccc2c1CCC2Nc1nccc(C)c1[N+](=O)[O-]. The van der Waals surface area contributed by atoms with Crippen molar-refractivity contribution in [2.45, 2.75) is 25.8 Å². The van der Waals surface area contributed by atoms with Crippen molar-refractivity contribution < 1.29 is 9.66 Å². The number of anilines is 1. The van der Waals surface area contributed by atoms with Crippen LogP contribution >= 0.6 is 0 Å². The number of hydrogen-bond acceptors (Lipinski definition) is 5. The second-order valence-electron chi connectivity index (χ2n) is 5.35. The monoisotopic (exact) mass is 299 g/mol. The molecular formula is C16H17N3O3. The maximum atomic E-state index is 11.3. The molecule has 1 aromatic carbocycles. The fraction of sp³-hybridized carbons (Fsp3) is 0.312. The molecule has 6 heteroatoms. The first-order valence-corrected chi connectivity index (χ1v) is 7.14. The van der Waals surface area contributed by atoms with Crippen LogP contribution in [0.3, 0.4) is 0 Å². The number of pyridine rings is 1. The summed E-state index contributed by atoms with van der Waals surface area (Å²) in [6, 6.07) is 7.57. The Hall–Kier alpha value is -2.63. The van der Waals surface area contributed by atoms with Gasteiger partial charge in [-0.1, -0.05) is 12.1 Å². The third-order valence-corrected chi connectivity index (χ3v) is 4.07. The Morgan fingerprint density at radius 3 is 2.95 bits per heavy atom. The van der Waals surface area contributed by atoms with E-state index in [9.17, 15) is 10.1 Å². The molecule has 0 fully saturated rings. The van der Waals surface area contributed by atoms with Crippen LogP contribution in [0.5, 0.6) is 5.75 Å². The molecule has 1 aliphatic rings. The summed E-state index contributed by atoms with van der Waals surface area (Å²) >= 11 is 0. The third-order valence-electron chi connectivity index (χ3n) is 4.07. The van der Waals surface area contributed by atoms with Crippen molar-refractivity contribution in [3.63, 3.8) is 0 Å². The van der Waals surface area contributed by atoms with Gasteiger partial charge in [0.15, 0.2) is 0 Å². The Morgan fingerprint density at radius 1 is 1.41 bits per heavy atom. The molecule has 0 aliphatic heterocycles. The molecule has 1 heterocycles.